The number of halogens is 1. The Morgan fingerprint density at radius 3 is 2.43 bits per heavy atom. The summed E-state index contributed by atoms with van der Waals surface area (Å²) in [6.45, 7) is 8.67. The number of rotatable bonds is 8. The van der Waals surface area contributed by atoms with Crippen LogP contribution in [0.1, 0.15) is 31.9 Å². The first-order valence-corrected chi connectivity index (χ1v) is 7.85. The van der Waals surface area contributed by atoms with Crippen molar-refractivity contribution in [2.45, 2.75) is 40.3 Å². The van der Waals surface area contributed by atoms with Crippen molar-refractivity contribution in [3.8, 4) is 0 Å². The van der Waals surface area contributed by atoms with E-state index in [-0.39, 0.29) is 36.8 Å². The number of carbonyl (C=O) groups is 2. The van der Waals surface area contributed by atoms with Crippen LogP contribution in [0.3, 0.4) is 0 Å². The molecule has 0 aliphatic rings. The van der Waals surface area contributed by atoms with Crippen molar-refractivity contribution in [1.29, 1.82) is 0 Å². The molecule has 0 aliphatic carbocycles. The highest BCUT2D eigenvalue weighted by atomic mass is 19.1. The number of benzene rings is 1. The Morgan fingerprint density at radius 2 is 1.87 bits per heavy atom. The summed E-state index contributed by atoms with van der Waals surface area (Å²) in [7, 11) is 0. The molecule has 0 aromatic heterocycles. The first kappa shape index (κ1) is 19.1. The van der Waals surface area contributed by atoms with E-state index in [4.69, 9.17) is 0 Å². The number of nitrogens with one attached hydrogen (secondary N) is 2. The van der Waals surface area contributed by atoms with Gasteiger partial charge in [0.15, 0.2) is 0 Å². The van der Waals surface area contributed by atoms with Gasteiger partial charge in [0.25, 0.3) is 0 Å². The van der Waals surface area contributed by atoms with Crippen molar-refractivity contribution in [3.05, 3.63) is 35.1 Å². The minimum Gasteiger partial charge on any atom is -0.353 e. The van der Waals surface area contributed by atoms with Crippen LogP contribution in [0.4, 0.5) is 4.39 Å². The maximum Gasteiger partial charge on any atom is 0.234 e. The number of hydrogen-bond donors (Lipinski definition) is 2. The fraction of sp³-hybridized carbons (Fsp3) is 0.529. The van der Waals surface area contributed by atoms with Crippen LogP contribution in [-0.4, -0.2) is 42.4 Å². The van der Waals surface area contributed by atoms with E-state index in [0.717, 1.165) is 5.56 Å². The Kier molecular flexibility index (Phi) is 7.68. The molecule has 0 saturated heterocycles. The van der Waals surface area contributed by atoms with Gasteiger partial charge in [0.2, 0.25) is 11.8 Å². The quantitative estimate of drug-likeness (QED) is 0.764. The molecule has 0 heterocycles. The first-order chi connectivity index (χ1) is 10.8. The number of amides is 2. The SMILES string of the molecule is CCN(CC(=O)NCc1ccc(F)c(C)c1)CC(=O)NC(C)C. The first-order valence-electron chi connectivity index (χ1n) is 7.85. The summed E-state index contributed by atoms with van der Waals surface area (Å²) < 4.78 is 13.2. The molecule has 0 aliphatic heterocycles. The summed E-state index contributed by atoms with van der Waals surface area (Å²) in [6, 6.07) is 4.84. The molecule has 0 radical (unpaired) electrons. The van der Waals surface area contributed by atoms with E-state index in [1.165, 1.54) is 6.07 Å². The van der Waals surface area contributed by atoms with Crippen molar-refractivity contribution < 1.29 is 14.0 Å². The molecule has 5 nitrogen and oxygen atoms in total. The molecule has 1 aromatic rings. The lowest BCUT2D eigenvalue weighted by Gasteiger charge is -2.20. The van der Waals surface area contributed by atoms with Gasteiger partial charge in [0.1, 0.15) is 5.82 Å². The average molecular weight is 323 g/mol. The van der Waals surface area contributed by atoms with Crippen molar-refractivity contribution in [2.24, 2.45) is 0 Å². The van der Waals surface area contributed by atoms with Crippen LogP contribution in [0, 0.1) is 12.7 Å². The van der Waals surface area contributed by atoms with E-state index in [9.17, 15) is 14.0 Å². The van der Waals surface area contributed by atoms with Gasteiger partial charge in [-0.15, -0.1) is 0 Å². The Morgan fingerprint density at radius 1 is 1.22 bits per heavy atom. The third kappa shape index (κ3) is 7.23. The number of aryl methyl sites for hydroxylation is 1. The summed E-state index contributed by atoms with van der Waals surface area (Å²) in [4.78, 5) is 25.5. The Hall–Kier alpha value is -1.95. The second-order valence-corrected chi connectivity index (χ2v) is 5.89. The van der Waals surface area contributed by atoms with E-state index in [1.807, 2.05) is 20.8 Å². The summed E-state index contributed by atoms with van der Waals surface area (Å²) in [5.41, 5.74) is 1.40. The largest absolute Gasteiger partial charge is 0.353 e. The lowest BCUT2D eigenvalue weighted by molar-refractivity contribution is -0.125. The summed E-state index contributed by atoms with van der Waals surface area (Å²) in [6.07, 6.45) is 0. The number of carbonyl (C=O) groups excluding carboxylic acids is 2. The maximum atomic E-state index is 13.2. The lowest BCUT2D eigenvalue weighted by Crippen LogP contribution is -2.44. The minimum absolute atomic E-state index is 0.0803. The molecule has 0 bridgehead atoms. The smallest absolute Gasteiger partial charge is 0.234 e. The second-order valence-electron chi connectivity index (χ2n) is 5.89. The molecule has 128 valence electrons. The molecular formula is C17H26FN3O2. The molecule has 1 rings (SSSR count). The average Bonchev–Trinajstić information content (AvgIpc) is 2.47. The fourth-order valence-corrected chi connectivity index (χ4v) is 2.13. The monoisotopic (exact) mass is 323 g/mol. The topological polar surface area (TPSA) is 61.4 Å². The Balaban J connectivity index is 2.44. The number of likely N-dealkylation sites (N-methyl/N-ethyl adjacent to an activating group) is 1. The maximum absolute atomic E-state index is 13.2. The van der Waals surface area contributed by atoms with Gasteiger partial charge in [-0.2, -0.15) is 0 Å². The standard InChI is InChI=1S/C17H26FN3O2/c1-5-21(11-17(23)20-12(2)3)10-16(22)19-9-14-6-7-15(18)13(4)8-14/h6-8,12H,5,9-11H2,1-4H3,(H,19,22)(H,20,23). The van der Waals surface area contributed by atoms with Gasteiger partial charge in [-0.25, -0.2) is 4.39 Å². The van der Waals surface area contributed by atoms with Crippen LogP contribution in [-0.2, 0) is 16.1 Å². The molecule has 1 aromatic carbocycles. The summed E-state index contributed by atoms with van der Waals surface area (Å²) >= 11 is 0. The minimum atomic E-state index is -0.256. The third-order valence-electron chi connectivity index (χ3n) is 3.34. The molecule has 0 fully saturated rings. The van der Waals surface area contributed by atoms with Gasteiger partial charge >= 0.3 is 0 Å². The van der Waals surface area contributed by atoms with Crippen molar-refractivity contribution in [1.82, 2.24) is 15.5 Å². The zero-order valence-corrected chi connectivity index (χ0v) is 14.3. The van der Waals surface area contributed by atoms with E-state index in [1.54, 1.807) is 24.0 Å². The molecule has 2 N–H and O–H groups in total. The highest BCUT2D eigenvalue weighted by molar-refractivity contribution is 5.81. The highest BCUT2D eigenvalue weighted by Gasteiger charge is 2.13. The van der Waals surface area contributed by atoms with Crippen LogP contribution >= 0.6 is 0 Å². The van der Waals surface area contributed by atoms with Gasteiger partial charge in [-0.3, -0.25) is 14.5 Å². The molecule has 0 unspecified atom stereocenters. The Labute approximate surface area is 137 Å². The van der Waals surface area contributed by atoms with Gasteiger partial charge in [-0.05, 0) is 44.5 Å². The van der Waals surface area contributed by atoms with E-state index in [0.29, 0.717) is 18.7 Å². The van der Waals surface area contributed by atoms with Crippen molar-refractivity contribution >= 4 is 11.8 Å². The normalized spacial score (nSPS) is 10.9. The molecule has 23 heavy (non-hydrogen) atoms. The van der Waals surface area contributed by atoms with Gasteiger partial charge in [-0.1, -0.05) is 19.1 Å². The van der Waals surface area contributed by atoms with Gasteiger partial charge in [0, 0.05) is 12.6 Å². The van der Waals surface area contributed by atoms with Gasteiger partial charge < -0.3 is 10.6 Å². The molecule has 0 saturated carbocycles. The van der Waals surface area contributed by atoms with Crippen molar-refractivity contribution in [2.75, 3.05) is 19.6 Å². The lowest BCUT2D eigenvalue weighted by atomic mass is 10.1. The van der Waals surface area contributed by atoms with Crippen LogP contribution < -0.4 is 10.6 Å². The van der Waals surface area contributed by atoms with Gasteiger partial charge in [0.05, 0.1) is 13.1 Å². The predicted molar refractivity (Wildman–Crippen MR) is 88.4 cm³/mol. The third-order valence-corrected chi connectivity index (χ3v) is 3.34. The zero-order chi connectivity index (χ0) is 17.4. The number of nitrogens with zero attached hydrogens (tertiary/aromatic N) is 1. The van der Waals surface area contributed by atoms with E-state index >= 15 is 0 Å². The predicted octanol–water partition coefficient (Wildman–Crippen LogP) is 1.60. The summed E-state index contributed by atoms with van der Waals surface area (Å²) in [5.74, 6) is -0.511. The van der Waals surface area contributed by atoms with E-state index < -0.39 is 0 Å². The Bertz CT molecular complexity index is 547. The van der Waals surface area contributed by atoms with Crippen LogP contribution in [0.2, 0.25) is 0 Å². The van der Waals surface area contributed by atoms with Crippen molar-refractivity contribution in [3.63, 3.8) is 0 Å². The molecular weight excluding hydrogens is 297 g/mol. The van der Waals surface area contributed by atoms with Crippen LogP contribution in [0.25, 0.3) is 0 Å². The molecule has 6 heteroatoms. The fourth-order valence-electron chi connectivity index (χ4n) is 2.13. The molecule has 0 spiro atoms. The molecule has 0 atom stereocenters. The number of hydrogen-bond acceptors (Lipinski definition) is 3. The zero-order valence-electron chi connectivity index (χ0n) is 14.3. The summed E-state index contributed by atoms with van der Waals surface area (Å²) in [5, 5.41) is 5.59. The van der Waals surface area contributed by atoms with Crippen LogP contribution in [0.5, 0.6) is 0 Å². The molecule has 2 amide bonds. The highest BCUT2D eigenvalue weighted by Crippen LogP contribution is 2.08. The van der Waals surface area contributed by atoms with Crippen LogP contribution in [0.15, 0.2) is 18.2 Å². The second kappa shape index (κ2) is 9.25. The van der Waals surface area contributed by atoms with E-state index in [2.05, 4.69) is 10.6 Å².